The minimum atomic E-state index is -0.185. The number of amides is 2. The highest BCUT2D eigenvalue weighted by atomic mass is 16.5. The van der Waals surface area contributed by atoms with E-state index in [9.17, 15) is 9.59 Å². The highest BCUT2D eigenvalue weighted by Gasteiger charge is 2.34. The molecular formula is C27H32N2O3. The highest BCUT2D eigenvalue weighted by Crippen LogP contribution is 2.33. The van der Waals surface area contributed by atoms with Crippen LogP contribution in [0.1, 0.15) is 82.2 Å². The Morgan fingerprint density at radius 1 is 0.812 bits per heavy atom. The molecule has 168 valence electrons. The lowest BCUT2D eigenvalue weighted by molar-refractivity contribution is -0.0719. The number of imide groups is 1. The molecule has 0 saturated carbocycles. The van der Waals surface area contributed by atoms with Crippen molar-refractivity contribution in [3.05, 3.63) is 70.3 Å². The molecule has 5 heteroatoms. The number of carbonyl (C=O) groups is 2. The predicted molar refractivity (Wildman–Crippen MR) is 124 cm³/mol. The number of rotatable bonds is 7. The van der Waals surface area contributed by atoms with E-state index in [1.807, 2.05) is 0 Å². The number of hydrogen-bond acceptors (Lipinski definition) is 4. The second kappa shape index (κ2) is 9.55. The van der Waals surface area contributed by atoms with Crippen LogP contribution in [0.5, 0.6) is 0 Å². The van der Waals surface area contributed by atoms with Gasteiger partial charge in [-0.15, -0.1) is 0 Å². The van der Waals surface area contributed by atoms with E-state index in [0.29, 0.717) is 30.7 Å². The lowest BCUT2D eigenvalue weighted by Crippen LogP contribution is -2.36. The van der Waals surface area contributed by atoms with Gasteiger partial charge in [0, 0.05) is 19.6 Å². The van der Waals surface area contributed by atoms with Crippen molar-refractivity contribution < 1.29 is 14.3 Å². The van der Waals surface area contributed by atoms with E-state index < -0.39 is 0 Å². The van der Waals surface area contributed by atoms with Crippen LogP contribution in [-0.4, -0.2) is 47.9 Å². The summed E-state index contributed by atoms with van der Waals surface area (Å²) in [5, 5.41) is 0. The van der Waals surface area contributed by atoms with Crippen LogP contribution in [0.25, 0.3) is 0 Å². The van der Waals surface area contributed by atoms with Crippen molar-refractivity contribution in [3.8, 4) is 0 Å². The van der Waals surface area contributed by atoms with Crippen LogP contribution in [0.2, 0.25) is 0 Å². The Morgan fingerprint density at radius 3 is 2.28 bits per heavy atom. The molecule has 0 radical (unpaired) electrons. The summed E-state index contributed by atoms with van der Waals surface area (Å²) >= 11 is 0. The zero-order valence-electron chi connectivity index (χ0n) is 18.7. The molecule has 0 aromatic heterocycles. The highest BCUT2D eigenvalue weighted by molar-refractivity contribution is 6.21. The summed E-state index contributed by atoms with van der Waals surface area (Å²) in [7, 11) is 0. The van der Waals surface area contributed by atoms with Crippen LogP contribution >= 0.6 is 0 Å². The molecular weight excluding hydrogens is 400 g/mol. The lowest BCUT2D eigenvalue weighted by Gasteiger charge is -2.36. The van der Waals surface area contributed by atoms with Gasteiger partial charge in [-0.1, -0.05) is 36.8 Å². The molecule has 1 aliphatic carbocycles. The molecule has 0 spiro atoms. The molecule has 3 aliphatic rings. The molecule has 32 heavy (non-hydrogen) atoms. The van der Waals surface area contributed by atoms with Crippen molar-refractivity contribution in [1.29, 1.82) is 0 Å². The Labute approximate surface area is 190 Å². The number of aryl methyl sites for hydroxylation is 1. The summed E-state index contributed by atoms with van der Waals surface area (Å²) in [6.45, 7) is 3.05. The maximum Gasteiger partial charge on any atom is 0.261 e. The normalized spacial score (nSPS) is 19.7. The van der Waals surface area contributed by atoms with Crippen molar-refractivity contribution in [3.63, 3.8) is 0 Å². The Bertz CT molecular complexity index is 961. The molecule has 2 heterocycles. The Morgan fingerprint density at radius 2 is 1.53 bits per heavy atom. The summed E-state index contributed by atoms with van der Waals surface area (Å²) in [5.74, 6) is -0.370. The van der Waals surface area contributed by atoms with Crippen LogP contribution in [-0.2, 0) is 17.6 Å². The van der Waals surface area contributed by atoms with Crippen LogP contribution in [0.4, 0.5) is 0 Å². The van der Waals surface area contributed by atoms with Gasteiger partial charge in [-0.05, 0) is 73.8 Å². The summed E-state index contributed by atoms with van der Waals surface area (Å²) < 4.78 is 6.52. The molecule has 1 fully saturated rings. The second-order valence-electron chi connectivity index (χ2n) is 9.17. The Balaban J connectivity index is 1.26. The zero-order valence-corrected chi connectivity index (χ0v) is 18.7. The molecule has 5 nitrogen and oxygen atoms in total. The number of fused-ring (bicyclic) bond motifs is 2. The molecule has 2 amide bonds. The predicted octanol–water partition coefficient (Wildman–Crippen LogP) is 4.75. The van der Waals surface area contributed by atoms with Gasteiger partial charge in [-0.25, -0.2) is 0 Å². The fourth-order valence-corrected chi connectivity index (χ4v) is 5.45. The second-order valence-corrected chi connectivity index (χ2v) is 9.17. The van der Waals surface area contributed by atoms with Crippen LogP contribution in [0, 0.1) is 0 Å². The molecule has 1 saturated heterocycles. The first-order chi connectivity index (χ1) is 15.7. The summed E-state index contributed by atoms with van der Waals surface area (Å²) in [6.07, 6.45) is 9.13. The fourth-order valence-electron chi connectivity index (χ4n) is 5.45. The SMILES string of the molecule is O=C1c2ccccc2C(=O)N1CCCOC(c1cccc2c1CCCC2)N1CCCCC1. The average molecular weight is 433 g/mol. The van der Waals surface area contributed by atoms with E-state index in [0.717, 1.165) is 25.9 Å². The average Bonchev–Trinajstić information content (AvgIpc) is 3.09. The number of benzene rings is 2. The Hall–Kier alpha value is -2.50. The van der Waals surface area contributed by atoms with Crippen molar-refractivity contribution >= 4 is 11.8 Å². The van der Waals surface area contributed by atoms with E-state index in [1.165, 1.54) is 53.7 Å². The van der Waals surface area contributed by atoms with E-state index >= 15 is 0 Å². The first kappa shape index (κ1) is 21.4. The van der Waals surface area contributed by atoms with Crippen molar-refractivity contribution in [1.82, 2.24) is 9.80 Å². The largest absolute Gasteiger partial charge is 0.359 e. The fraction of sp³-hybridized carbons (Fsp3) is 0.481. The van der Waals surface area contributed by atoms with E-state index in [4.69, 9.17) is 4.74 Å². The molecule has 1 unspecified atom stereocenters. The van der Waals surface area contributed by atoms with E-state index in [2.05, 4.69) is 23.1 Å². The maximum absolute atomic E-state index is 12.6. The monoisotopic (exact) mass is 432 g/mol. The molecule has 2 aromatic carbocycles. The van der Waals surface area contributed by atoms with Crippen molar-refractivity contribution in [2.45, 2.75) is 57.6 Å². The number of carbonyl (C=O) groups excluding carboxylic acids is 2. The summed E-state index contributed by atoms with van der Waals surface area (Å²) in [5.41, 5.74) is 5.31. The van der Waals surface area contributed by atoms with Gasteiger partial charge < -0.3 is 4.74 Å². The van der Waals surface area contributed by atoms with Gasteiger partial charge in [0.15, 0.2) is 0 Å². The summed E-state index contributed by atoms with van der Waals surface area (Å²) in [6, 6.07) is 13.8. The van der Waals surface area contributed by atoms with E-state index in [-0.39, 0.29) is 18.0 Å². The molecule has 0 bridgehead atoms. The Kier molecular flexibility index (Phi) is 6.37. The minimum absolute atomic E-state index is 0.0365. The van der Waals surface area contributed by atoms with Crippen LogP contribution < -0.4 is 0 Å². The first-order valence-electron chi connectivity index (χ1n) is 12.2. The topological polar surface area (TPSA) is 49.9 Å². The number of nitrogens with zero attached hydrogens (tertiary/aromatic N) is 2. The quantitative estimate of drug-likeness (QED) is 0.468. The summed E-state index contributed by atoms with van der Waals surface area (Å²) in [4.78, 5) is 29.1. The van der Waals surface area contributed by atoms with Gasteiger partial charge in [0.25, 0.3) is 11.8 Å². The van der Waals surface area contributed by atoms with Gasteiger partial charge in [0.05, 0.1) is 17.7 Å². The minimum Gasteiger partial charge on any atom is -0.359 e. The molecule has 2 aliphatic heterocycles. The van der Waals surface area contributed by atoms with Gasteiger partial charge in [-0.3, -0.25) is 19.4 Å². The van der Waals surface area contributed by atoms with Gasteiger partial charge in [0.1, 0.15) is 6.23 Å². The third-order valence-corrected chi connectivity index (χ3v) is 7.10. The van der Waals surface area contributed by atoms with Gasteiger partial charge >= 0.3 is 0 Å². The van der Waals surface area contributed by atoms with Crippen molar-refractivity contribution in [2.24, 2.45) is 0 Å². The van der Waals surface area contributed by atoms with E-state index in [1.54, 1.807) is 24.3 Å². The maximum atomic E-state index is 12.6. The zero-order chi connectivity index (χ0) is 21.9. The van der Waals surface area contributed by atoms with Gasteiger partial charge in [-0.2, -0.15) is 0 Å². The van der Waals surface area contributed by atoms with Crippen molar-refractivity contribution in [2.75, 3.05) is 26.2 Å². The first-order valence-corrected chi connectivity index (χ1v) is 12.2. The molecule has 0 N–H and O–H groups in total. The molecule has 1 atom stereocenters. The van der Waals surface area contributed by atoms with Crippen LogP contribution in [0.15, 0.2) is 42.5 Å². The number of ether oxygens (including phenoxy) is 1. The third kappa shape index (κ3) is 4.12. The smallest absolute Gasteiger partial charge is 0.261 e. The van der Waals surface area contributed by atoms with Gasteiger partial charge in [0.2, 0.25) is 0 Å². The number of piperidine rings is 1. The number of hydrogen-bond donors (Lipinski definition) is 0. The standard InChI is InChI=1S/C27H32N2O3/c30-25-22-13-4-5-14-23(22)26(31)29(25)18-9-19-32-27(28-16-6-1-7-17-28)24-15-8-11-20-10-2-3-12-21(20)24/h4-5,8,11,13-15,27H,1-3,6-7,9-10,12,16-19H2. The third-order valence-electron chi connectivity index (χ3n) is 7.10. The number of likely N-dealkylation sites (tertiary alicyclic amines) is 1. The molecule has 2 aromatic rings. The molecule has 5 rings (SSSR count). The lowest BCUT2D eigenvalue weighted by atomic mass is 9.87. The van der Waals surface area contributed by atoms with Crippen LogP contribution in [0.3, 0.4) is 0 Å².